The minimum absolute atomic E-state index is 0.172. The zero-order valence-electron chi connectivity index (χ0n) is 18.6. The molecular weight excluding hydrogens is 432 g/mol. The molecule has 3 heterocycles. The molecule has 0 aliphatic rings. The number of nitrogens with one attached hydrogen (secondary N) is 3. The number of hydrogen-bond acceptors (Lipinski definition) is 5. The molecule has 9 heteroatoms. The Balaban J connectivity index is 1.42. The zero-order chi connectivity index (χ0) is 23.7. The molecule has 0 saturated carbocycles. The summed E-state index contributed by atoms with van der Waals surface area (Å²) < 4.78 is 7.62. The number of fused-ring (bicyclic) bond motifs is 1. The smallest absolute Gasteiger partial charge is 0.325 e. The van der Waals surface area contributed by atoms with Crippen molar-refractivity contribution in [3.63, 3.8) is 0 Å². The van der Waals surface area contributed by atoms with Crippen LogP contribution in [0.5, 0.6) is 11.5 Å². The third kappa shape index (κ3) is 4.18. The Morgan fingerprint density at radius 1 is 1.03 bits per heavy atom. The fraction of sp³-hybridized carbons (Fsp3) is 0.120. The maximum absolute atomic E-state index is 13.2. The number of rotatable bonds is 6. The average Bonchev–Trinajstić information content (AvgIpc) is 3.44. The predicted octanol–water partition coefficient (Wildman–Crippen LogP) is 4.60. The molecule has 2 aromatic carbocycles. The number of amides is 1. The van der Waals surface area contributed by atoms with Gasteiger partial charge in [0.2, 0.25) is 0 Å². The maximum Gasteiger partial charge on any atom is 0.325 e. The number of ether oxygens (including phenoxy) is 1. The minimum Gasteiger partial charge on any atom is -0.455 e. The lowest BCUT2D eigenvalue weighted by atomic mass is 10.1. The maximum atomic E-state index is 13.2. The van der Waals surface area contributed by atoms with Crippen molar-refractivity contribution < 1.29 is 9.53 Å². The summed E-state index contributed by atoms with van der Waals surface area (Å²) in [5, 5.41) is 7.57. The number of carbonyl (C=O) groups excluding carboxylic acids is 1. The molecule has 0 spiro atoms. The number of aromatic nitrogens is 5. The summed E-state index contributed by atoms with van der Waals surface area (Å²) in [6, 6.07) is 20.0. The van der Waals surface area contributed by atoms with E-state index < -0.39 is 0 Å². The molecule has 3 aromatic heterocycles. The Bertz CT molecular complexity index is 1530. The molecule has 0 aliphatic heterocycles. The van der Waals surface area contributed by atoms with Crippen molar-refractivity contribution in [2.75, 3.05) is 5.32 Å². The zero-order valence-corrected chi connectivity index (χ0v) is 18.6. The molecule has 3 N–H and O–H groups in total. The first-order valence-electron chi connectivity index (χ1n) is 10.8. The van der Waals surface area contributed by atoms with E-state index in [2.05, 4.69) is 25.4 Å². The number of nitrogens with zero attached hydrogens (tertiary/aromatic N) is 3. The van der Waals surface area contributed by atoms with Crippen LogP contribution in [-0.2, 0) is 0 Å². The van der Waals surface area contributed by atoms with Gasteiger partial charge < -0.3 is 15.0 Å². The van der Waals surface area contributed by atoms with Crippen molar-refractivity contribution in [1.82, 2.24) is 24.7 Å². The standard InChI is InChI=1S/C25H22N6O3/c1-15(2)19-14-20(31(30-19)17-8-4-3-5-9-17)24(32)27-16-7-6-10-18(13-16)34-21-11-12-26-23-22(21)28-25(33)29-23/h3-15H,1-2H3,(H,27,32)(H2,26,28,29,33). The second-order valence-electron chi connectivity index (χ2n) is 8.05. The van der Waals surface area contributed by atoms with Gasteiger partial charge in [0.25, 0.3) is 5.91 Å². The van der Waals surface area contributed by atoms with Crippen LogP contribution < -0.4 is 15.7 Å². The van der Waals surface area contributed by atoms with Crippen molar-refractivity contribution >= 4 is 22.8 Å². The molecule has 0 aliphatic carbocycles. The fourth-order valence-corrected chi connectivity index (χ4v) is 3.57. The highest BCUT2D eigenvalue weighted by Crippen LogP contribution is 2.28. The SMILES string of the molecule is CC(C)c1cc(C(=O)Nc2cccc(Oc3ccnc4[nH]c(=O)[nH]c34)c2)n(-c2ccccc2)n1. The van der Waals surface area contributed by atoms with E-state index in [9.17, 15) is 9.59 Å². The van der Waals surface area contributed by atoms with Crippen LogP contribution in [0.4, 0.5) is 5.69 Å². The van der Waals surface area contributed by atoms with Crippen LogP contribution in [0.15, 0.2) is 77.7 Å². The first kappa shape index (κ1) is 21.2. The molecule has 0 atom stereocenters. The van der Waals surface area contributed by atoms with Crippen molar-refractivity contribution in [3.05, 3.63) is 94.8 Å². The van der Waals surface area contributed by atoms with Gasteiger partial charge >= 0.3 is 5.69 Å². The summed E-state index contributed by atoms with van der Waals surface area (Å²) in [6.45, 7) is 4.07. The number of anilines is 1. The number of hydrogen-bond donors (Lipinski definition) is 3. The van der Waals surface area contributed by atoms with Gasteiger partial charge in [-0.25, -0.2) is 14.5 Å². The van der Waals surface area contributed by atoms with E-state index in [0.717, 1.165) is 11.4 Å². The molecule has 0 fully saturated rings. The van der Waals surface area contributed by atoms with Crippen LogP contribution in [0.2, 0.25) is 0 Å². The quantitative estimate of drug-likeness (QED) is 0.346. The molecule has 0 radical (unpaired) electrons. The van der Waals surface area contributed by atoms with Crippen molar-refractivity contribution in [2.45, 2.75) is 19.8 Å². The number of H-pyrrole nitrogens is 2. The summed E-state index contributed by atoms with van der Waals surface area (Å²) in [7, 11) is 0. The summed E-state index contributed by atoms with van der Waals surface area (Å²) in [5.74, 6) is 0.814. The summed E-state index contributed by atoms with van der Waals surface area (Å²) in [4.78, 5) is 34.2. The Morgan fingerprint density at radius 2 is 1.85 bits per heavy atom. The van der Waals surface area contributed by atoms with Crippen molar-refractivity contribution in [3.8, 4) is 17.2 Å². The Hall–Kier alpha value is -4.66. The van der Waals surface area contributed by atoms with Crippen molar-refractivity contribution in [1.29, 1.82) is 0 Å². The van der Waals surface area contributed by atoms with E-state index in [1.807, 2.05) is 50.2 Å². The molecule has 0 unspecified atom stereocenters. The molecule has 9 nitrogen and oxygen atoms in total. The van der Waals surface area contributed by atoms with Crippen molar-refractivity contribution in [2.24, 2.45) is 0 Å². The molecule has 0 bridgehead atoms. The van der Waals surface area contributed by atoms with Gasteiger partial charge in [0, 0.05) is 24.0 Å². The molecular formula is C25H22N6O3. The number of pyridine rings is 1. The predicted molar refractivity (Wildman–Crippen MR) is 129 cm³/mol. The minimum atomic E-state index is -0.365. The molecule has 5 aromatic rings. The summed E-state index contributed by atoms with van der Waals surface area (Å²) >= 11 is 0. The van der Waals surface area contributed by atoms with Gasteiger partial charge in [-0.2, -0.15) is 5.10 Å². The van der Waals surface area contributed by atoms with Gasteiger partial charge in [0.1, 0.15) is 17.0 Å². The molecule has 0 saturated heterocycles. The highest BCUT2D eigenvalue weighted by molar-refractivity contribution is 6.03. The Labute approximate surface area is 194 Å². The van der Waals surface area contributed by atoms with Gasteiger partial charge in [-0.1, -0.05) is 38.1 Å². The number of benzene rings is 2. The largest absolute Gasteiger partial charge is 0.455 e. The van der Waals surface area contributed by atoms with Crippen LogP contribution in [-0.4, -0.2) is 30.6 Å². The fourth-order valence-electron chi connectivity index (χ4n) is 3.57. The lowest BCUT2D eigenvalue weighted by Gasteiger charge is -2.10. The van der Waals surface area contributed by atoms with Crippen LogP contribution in [0.1, 0.15) is 35.9 Å². The second kappa shape index (κ2) is 8.70. The van der Waals surface area contributed by atoms with Gasteiger partial charge in [0.15, 0.2) is 11.4 Å². The Kier molecular flexibility index (Phi) is 5.43. The van der Waals surface area contributed by atoms with E-state index in [1.165, 1.54) is 0 Å². The lowest BCUT2D eigenvalue weighted by Crippen LogP contribution is -2.16. The van der Waals surface area contributed by atoms with E-state index >= 15 is 0 Å². The summed E-state index contributed by atoms with van der Waals surface area (Å²) in [5.41, 5.74) is 3.13. The van der Waals surface area contributed by atoms with Crippen LogP contribution in [0.3, 0.4) is 0 Å². The first-order chi connectivity index (χ1) is 16.5. The molecule has 5 rings (SSSR count). The molecule has 170 valence electrons. The molecule has 34 heavy (non-hydrogen) atoms. The van der Waals surface area contributed by atoms with E-state index in [-0.39, 0.29) is 17.5 Å². The third-order valence-electron chi connectivity index (χ3n) is 5.26. The number of imidazole rings is 1. The third-order valence-corrected chi connectivity index (χ3v) is 5.26. The van der Waals surface area contributed by atoms with Gasteiger partial charge in [0.05, 0.1) is 11.4 Å². The lowest BCUT2D eigenvalue weighted by molar-refractivity contribution is 0.101. The van der Waals surface area contributed by atoms with E-state index in [1.54, 1.807) is 41.2 Å². The van der Waals surface area contributed by atoms with E-state index in [4.69, 9.17) is 4.74 Å². The normalized spacial score (nSPS) is 11.1. The average molecular weight is 454 g/mol. The van der Waals surface area contributed by atoms with Gasteiger partial charge in [-0.3, -0.25) is 9.78 Å². The van der Waals surface area contributed by atoms with Crippen LogP contribution in [0, 0.1) is 0 Å². The Morgan fingerprint density at radius 3 is 2.65 bits per heavy atom. The van der Waals surface area contributed by atoms with Crippen LogP contribution >= 0.6 is 0 Å². The van der Waals surface area contributed by atoms with Gasteiger partial charge in [-0.15, -0.1) is 0 Å². The van der Waals surface area contributed by atoms with E-state index in [0.29, 0.717) is 34.0 Å². The van der Waals surface area contributed by atoms with Crippen LogP contribution in [0.25, 0.3) is 16.9 Å². The monoisotopic (exact) mass is 454 g/mol. The summed E-state index contributed by atoms with van der Waals surface area (Å²) in [6.07, 6.45) is 1.55. The first-order valence-corrected chi connectivity index (χ1v) is 10.8. The highest BCUT2D eigenvalue weighted by Gasteiger charge is 2.18. The highest BCUT2D eigenvalue weighted by atomic mass is 16.5. The second-order valence-corrected chi connectivity index (χ2v) is 8.05. The number of carbonyl (C=O) groups is 1. The molecule has 1 amide bonds. The number of para-hydroxylation sites is 1. The topological polar surface area (TPSA) is 118 Å². The number of aromatic amines is 2. The van der Waals surface area contributed by atoms with Gasteiger partial charge in [-0.05, 0) is 36.2 Å².